The van der Waals surface area contributed by atoms with Gasteiger partial charge in [-0.1, -0.05) is 258 Å². The van der Waals surface area contributed by atoms with Gasteiger partial charge in [0.2, 0.25) is 0 Å². The predicted octanol–water partition coefficient (Wildman–Crippen LogP) is 19.1. The van der Waals surface area contributed by atoms with Crippen LogP contribution < -0.4 is 0 Å². The van der Waals surface area contributed by atoms with Gasteiger partial charge in [0.05, 0.1) is 13.2 Å². The van der Waals surface area contributed by atoms with Gasteiger partial charge in [0, 0.05) is 0 Å². The molecule has 2 atom stereocenters. The van der Waals surface area contributed by atoms with Crippen molar-refractivity contribution >= 4 is 8.60 Å². The number of unbranched alkanes of at least 4 members (excludes halogenated alkanes) is 22. The molecule has 4 heteroatoms. The minimum absolute atomic E-state index is 0.121. The second kappa shape index (κ2) is 34.2. The van der Waals surface area contributed by atoms with E-state index in [2.05, 4.69) is 104 Å². The van der Waals surface area contributed by atoms with Gasteiger partial charge < -0.3 is 13.9 Å². The Morgan fingerprint density at radius 2 is 0.667 bits per heavy atom. The van der Waals surface area contributed by atoms with E-state index in [1.165, 1.54) is 189 Å². The van der Waals surface area contributed by atoms with Crippen LogP contribution in [-0.4, -0.2) is 18.1 Å². The number of hydrogen-bond acceptors (Lipinski definition) is 3. The number of hydrogen-bond donors (Lipinski definition) is 1. The van der Waals surface area contributed by atoms with E-state index in [1.807, 2.05) is 0 Å². The van der Waals surface area contributed by atoms with Crippen LogP contribution in [0.25, 0.3) is 0 Å². The number of rotatable bonds is 38. The smallest absolute Gasteiger partial charge is 0.328 e. The van der Waals surface area contributed by atoms with Crippen molar-refractivity contribution in [2.24, 2.45) is 0 Å². The lowest BCUT2D eigenvalue weighted by atomic mass is 9.77. The highest BCUT2D eigenvalue weighted by Crippen LogP contribution is 2.39. The monoisotopic (exact) mass is 851 g/mol. The molecule has 0 heterocycles. The van der Waals surface area contributed by atoms with Gasteiger partial charge in [-0.25, -0.2) is 0 Å². The van der Waals surface area contributed by atoms with Crippen LogP contribution in [0.5, 0.6) is 0 Å². The molecule has 60 heavy (non-hydrogen) atoms. The first-order chi connectivity index (χ1) is 29.0. The Bertz CT molecular complexity index is 1180. The van der Waals surface area contributed by atoms with Gasteiger partial charge in [-0.3, -0.25) is 0 Å². The Hall–Kier alpha value is -1.25. The third kappa shape index (κ3) is 25.8. The molecule has 0 aliphatic carbocycles. The molecule has 0 radical (unpaired) electrons. The van der Waals surface area contributed by atoms with Crippen LogP contribution in [0.1, 0.15) is 282 Å². The first-order valence-corrected chi connectivity index (χ1v) is 27.1. The van der Waals surface area contributed by atoms with Crippen LogP contribution in [0.15, 0.2) is 48.5 Å². The minimum Gasteiger partial charge on any atom is -0.328 e. The number of benzene rings is 2. The van der Waals surface area contributed by atoms with Crippen LogP contribution in [0, 0.1) is 0 Å². The van der Waals surface area contributed by atoms with Gasteiger partial charge >= 0.3 is 8.60 Å². The van der Waals surface area contributed by atoms with E-state index in [0.717, 1.165) is 25.7 Å². The molecule has 0 spiro atoms. The Morgan fingerprint density at radius 3 is 0.967 bits per heavy atom. The molecule has 0 fully saturated rings. The summed E-state index contributed by atoms with van der Waals surface area (Å²) >= 11 is 0. The third-order valence-electron chi connectivity index (χ3n) is 13.0. The fraction of sp³-hybridized carbons (Fsp3) is 0.786. The fourth-order valence-electron chi connectivity index (χ4n) is 9.43. The van der Waals surface area contributed by atoms with Gasteiger partial charge in [0.1, 0.15) is 0 Å². The summed E-state index contributed by atoms with van der Waals surface area (Å²) < 4.78 is 11.9. The first-order valence-electron chi connectivity index (χ1n) is 25.9. The molecular weight excluding hydrogens is 752 g/mol. The standard InChI is InChI=1S/C56H99O3P/c1-9-11-13-15-17-19-21-23-25-27-29-31-39-49(51-43-33-35-45-53(51)55(3,4)5)41-37-47-58-60(57)59-48-38-42-50(52-44-34-36-46-54(52)56(6,7)8)40-32-30-28-26-24-22-20-18-16-14-12-10-2/h33-36,43-46,49-50,57H,9-32,37-42,47-48H2,1-8H3. The van der Waals surface area contributed by atoms with E-state index in [-0.39, 0.29) is 10.8 Å². The molecule has 0 aliphatic rings. The second-order valence-corrected chi connectivity index (χ2v) is 21.6. The summed E-state index contributed by atoms with van der Waals surface area (Å²) in [6.07, 6.45) is 39.8. The molecule has 0 amide bonds. The summed E-state index contributed by atoms with van der Waals surface area (Å²) in [5, 5.41) is 0. The highest BCUT2D eigenvalue weighted by molar-refractivity contribution is 7.40. The molecule has 0 saturated heterocycles. The van der Waals surface area contributed by atoms with E-state index in [1.54, 1.807) is 0 Å². The molecular formula is C56H99O3P. The van der Waals surface area contributed by atoms with Crippen LogP contribution in [0.2, 0.25) is 0 Å². The Labute approximate surface area is 375 Å². The van der Waals surface area contributed by atoms with Crippen molar-refractivity contribution in [1.29, 1.82) is 0 Å². The maximum atomic E-state index is 10.8. The van der Waals surface area contributed by atoms with Crippen molar-refractivity contribution in [2.75, 3.05) is 13.2 Å². The SMILES string of the molecule is CCCCCCCCCCCCCCC(CCCOP(O)OCCCC(CCCCCCCCCCCCCC)c1ccccc1C(C)(C)C)c1ccccc1C(C)(C)C. The summed E-state index contributed by atoms with van der Waals surface area (Å²) in [5.74, 6) is 1.05. The Balaban J connectivity index is 1.79. The molecule has 0 saturated carbocycles. The lowest BCUT2D eigenvalue weighted by Crippen LogP contribution is -2.16. The summed E-state index contributed by atoms with van der Waals surface area (Å²) in [7, 11) is -1.85. The Kier molecular flexibility index (Phi) is 31.3. The lowest BCUT2D eigenvalue weighted by molar-refractivity contribution is 0.191. The molecule has 2 aromatic rings. The lowest BCUT2D eigenvalue weighted by Gasteiger charge is -2.28. The van der Waals surface area contributed by atoms with Crippen molar-refractivity contribution in [2.45, 2.75) is 271 Å². The molecule has 2 unspecified atom stereocenters. The summed E-state index contributed by atoms with van der Waals surface area (Å²) in [5.41, 5.74) is 6.23. The van der Waals surface area contributed by atoms with Crippen molar-refractivity contribution < 1.29 is 13.9 Å². The Morgan fingerprint density at radius 1 is 0.400 bits per heavy atom. The van der Waals surface area contributed by atoms with E-state index in [0.29, 0.717) is 25.0 Å². The van der Waals surface area contributed by atoms with Gasteiger partial charge in [-0.15, -0.1) is 0 Å². The van der Waals surface area contributed by atoms with E-state index in [4.69, 9.17) is 9.05 Å². The van der Waals surface area contributed by atoms with Crippen molar-refractivity contribution in [1.82, 2.24) is 0 Å². The summed E-state index contributed by atoms with van der Waals surface area (Å²) in [6.45, 7) is 19.8. The van der Waals surface area contributed by atoms with E-state index in [9.17, 15) is 4.89 Å². The fourth-order valence-corrected chi connectivity index (χ4v) is 10.1. The largest absolute Gasteiger partial charge is 0.329 e. The molecule has 346 valence electrons. The zero-order valence-corrected chi connectivity index (χ0v) is 42.0. The quantitative estimate of drug-likeness (QED) is 0.0540. The molecule has 0 bridgehead atoms. The normalized spacial score (nSPS) is 13.8. The molecule has 0 aliphatic heterocycles. The van der Waals surface area contributed by atoms with Gasteiger partial charge in [0.15, 0.2) is 0 Å². The molecule has 2 aromatic carbocycles. The van der Waals surface area contributed by atoms with Gasteiger partial charge in [-0.05, 0) is 83.4 Å². The molecule has 3 nitrogen and oxygen atoms in total. The zero-order valence-electron chi connectivity index (χ0n) is 41.1. The average Bonchev–Trinajstić information content (AvgIpc) is 3.22. The maximum absolute atomic E-state index is 10.8. The second-order valence-electron chi connectivity index (χ2n) is 20.6. The molecule has 0 aromatic heterocycles. The topological polar surface area (TPSA) is 38.7 Å². The molecule has 1 N–H and O–H groups in total. The van der Waals surface area contributed by atoms with Gasteiger partial charge in [0.25, 0.3) is 0 Å². The zero-order chi connectivity index (χ0) is 43.7. The van der Waals surface area contributed by atoms with Crippen LogP contribution in [-0.2, 0) is 19.9 Å². The van der Waals surface area contributed by atoms with E-state index < -0.39 is 8.60 Å². The predicted molar refractivity (Wildman–Crippen MR) is 267 cm³/mol. The van der Waals surface area contributed by atoms with Crippen LogP contribution in [0.3, 0.4) is 0 Å². The highest BCUT2D eigenvalue weighted by Gasteiger charge is 2.24. The van der Waals surface area contributed by atoms with Crippen molar-refractivity contribution in [3.63, 3.8) is 0 Å². The average molecular weight is 851 g/mol. The first kappa shape index (κ1) is 54.9. The van der Waals surface area contributed by atoms with Gasteiger partial charge in [-0.2, -0.15) is 0 Å². The highest BCUT2D eigenvalue weighted by atomic mass is 31.2. The third-order valence-corrected chi connectivity index (χ3v) is 13.8. The summed E-state index contributed by atoms with van der Waals surface area (Å²) in [4.78, 5) is 10.8. The van der Waals surface area contributed by atoms with E-state index >= 15 is 0 Å². The molecule has 2 rings (SSSR count). The maximum Gasteiger partial charge on any atom is 0.329 e. The van der Waals surface area contributed by atoms with Crippen LogP contribution >= 0.6 is 8.60 Å². The van der Waals surface area contributed by atoms with Crippen molar-refractivity contribution in [3.8, 4) is 0 Å². The summed E-state index contributed by atoms with van der Waals surface area (Å²) in [6, 6.07) is 18.3. The van der Waals surface area contributed by atoms with Crippen LogP contribution in [0.4, 0.5) is 0 Å². The minimum atomic E-state index is -1.85. The van der Waals surface area contributed by atoms with Crippen molar-refractivity contribution in [3.05, 3.63) is 70.8 Å².